The topological polar surface area (TPSA) is 72.5 Å². The number of ether oxygens (including phenoxy) is 1. The molecule has 26 heavy (non-hydrogen) atoms. The smallest absolute Gasteiger partial charge is 0.331 e. The van der Waals surface area contributed by atoms with Crippen LogP contribution >= 0.6 is 0 Å². The summed E-state index contributed by atoms with van der Waals surface area (Å²) >= 11 is 0. The van der Waals surface area contributed by atoms with Crippen molar-refractivity contribution in [3.8, 4) is 0 Å². The second kappa shape index (κ2) is 8.71. The van der Waals surface area contributed by atoms with Crippen LogP contribution in [0, 0.1) is 5.82 Å². The molecule has 2 rings (SSSR count). The van der Waals surface area contributed by atoms with Gasteiger partial charge in [-0.2, -0.15) is 0 Å². The fourth-order valence-electron chi connectivity index (χ4n) is 2.14. The van der Waals surface area contributed by atoms with E-state index in [2.05, 4.69) is 5.32 Å². The van der Waals surface area contributed by atoms with Crippen LogP contribution in [0.4, 0.5) is 10.1 Å². The number of carbonyl (C=O) groups is 3. The van der Waals surface area contributed by atoms with Crippen LogP contribution in [0.15, 0.2) is 54.6 Å². The zero-order chi connectivity index (χ0) is 19.1. The Morgan fingerprint density at radius 3 is 2.38 bits per heavy atom. The van der Waals surface area contributed by atoms with Crippen LogP contribution < -0.4 is 5.32 Å². The van der Waals surface area contributed by atoms with Gasteiger partial charge in [0, 0.05) is 11.6 Å². The van der Waals surface area contributed by atoms with Crippen LogP contribution in [0.25, 0.3) is 6.08 Å². The van der Waals surface area contributed by atoms with E-state index in [-0.39, 0.29) is 11.6 Å². The summed E-state index contributed by atoms with van der Waals surface area (Å²) in [5.74, 6) is -1.83. The molecule has 0 aliphatic carbocycles. The zero-order valence-corrected chi connectivity index (χ0v) is 14.4. The van der Waals surface area contributed by atoms with E-state index in [1.807, 2.05) is 0 Å². The second-order valence-electron chi connectivity index (χ2n) is 5.56. The molecule has 1 unspecified atom stereocenters. The fourth-order valence-corrected chi connectivity index (χ4v) is 2.14. The normalized spacial score (nSPS) is 11.8. The molecular formula is C20H18FNO4. The van der Waals surface area contributed by atoms with E-state index in [9.17, 15) is 18.8 Å². The van der Waals surface area contributed by atoms with Gasteiger partial charge in [0.2, 0.25) is 0 Å². The number of halogens is 1. The minimum atomic E-state index is -1.06. The van der Waals surface area contributed by atoms with Gasteiger partial charge in [0.25, 0.3) is 5.91 Å². The minimum absolute atomic E-state index is 0.187. The minimum Gasteiger partial charge on any atom is -0.449 e. The Hall–Kier alpha value is -3.28. The lowest BCUT2D eigenvalue weighted by Gasteiger charge is -2.14. The molecule has 2 aromatic carbocycles. The summed E-state index contributed by atoms with van der Waals surface area (Å²) in [7, 11) is 0. The first-order chi connectivity index (χ1) is 12.4. The molecule has 134 valence electrons. The number of para-hydroxylation sites is 1. The molecule has 0 saturated carbocycles. The van der Waals surface area contributed by atoms with Gasteiger partial charge in [-0.1, -0.05) is 24.3 Å². The highest BCUT2D eigenvalue weighted by Crippen LogP contribution is 2.16. The van der Waals surface area contributed by atoms with Crippen molar-refractivity contribution in [2.75, 3.05) is 5.32 Å². The van der Waals surface area contributed by atoms with Crippen LogP contribution in [-0.4, -0.2) is 23.8 Å². The van der Waals surface area contributed by atoms with Crippen LogP contribution in [0.2, 0.25) is 0 Å². The summed E-state index contributed by atoms with van der Waals surface area (Å²) in [6.07, 6.45) is 1.55. The van der Waals surface area contributed by atoms with E-state index < -0.39 is 18.0 Å². The van der Waals surface area contributed by atoms with Crippen molar-refractivity contribution in [3.63, 3.8) is 0 Å². The van der Waals surface area contributed by atoms with Gasteiger partial charge >= 0.3 is 5.97 Å². The first-order valence-corrected chi connectivity index (χ1v) is 7.92. The van der Waals surface area contributed by atoms with E-state index in [4.69, 9.17) is 4.74 Å². The molecule has 0 bridgehead atoms. The summed E-state index contributed by atoms with van der Waals surface area (Å²) in [6, 6.07) is 12.1. The highest BCUT2D eigenvalue weighted by atomic mass is 19.1. The predicted octanol–water partition coefficient (Wildman–Crippen LogP) is 3.61. The van der Waals surface area contributed by atoms with Crippen molar-refractivity contribution in [3.05, 3.63) is 71.6 Å². The van der Waals surface area contributed by atoms with Gasteiger partial charge in [0.05, 0.1) is 5.69 Å². The molecular weight excluding hydrogens is 337 g/mol. The Bertz CT molecular complexity index is 843. The highest BCUT2D eigenvalue weighted by molar-refractivity contribution is 6.05. The zero-order valence-electron chi connectivity index (χ0n) is 14.4. The maximum atomic E-state index is 12.8. The largest absolute Gasteiger partial charge is 0.449 e. The van der Waals surface area contributed by atoms with Crippen LogP contribution in [-0.2, 0) is 14.3 Å². The number of esters is 1. The fraction of sp³-hybridized carbons (Fsp3) is 0.150. The molecule has 1 amide bonds. The average Bonchev–Trinajstić information content (AvgIpc) is 2.61. The first-order valence-electron chi connectivity index (χ1n) is 7.92. The molecule has 1 N–H and O–H groups in total. The summed E-state index contributed by atoms with van der Waals surface area (Å²) in [5, 5.41) is 2.57. The molecule has 0 heterocycles. The molecule has 0 aliphatic heterocycles. The Morgan fingerprint density at radius 1 is 1.08 bits per heavy atom. The molecule has 6 heteroatoms. The quantitative estimate of drug-likeness (QED) is 0.488. The van der Waals surface area contributed by atoms with E-state index in [1.165, 1.54) is 44.2 Å². The molecule has 0 aliphatic rings. The molecule has 0 saturated heterocycles. The molecule has 0 aromatic heterocycles. The maximum Gasteiger partial charge on any atom is 0.331 e. The van der Waals surface area contributed by atoms with Gasteiger partial charge in [0.1, 0.15) is 5.82 Å². The number of amides is 1. The van der Waals surface area contributed by atoms with Gasteiger partial charge in [-0.25, -0.2) is 9.18 Å². The lowest BCUT2D eigenvalue weighted by atomic mass is 10.1. The highest BCUT2D eigenvalue weighted by Gasteiger charge is 2.18. The number of rotatable bonds is 6. The van der Waals surface area contributed by atoms with Crippen LogP contribution in [0.5, 0.6) is 0 Å². The SMILES string of the molecule is CC(=O)c1ccccc1NC(=O)C(C)OC(=O)/C=C/c1ccc(F)cc1. The average molecular weight is 355 g/mol. The number of ketones is 1. The van der Waals surface area contributed by atoms with Gasteiger partial charge in [0.15, 0.2) is 11.9 Å². The second-order valence-corrected chi connectivity index (χ2v) is 5.56. The van der Waals surface area contributed by atoms with E-state index in [0.717, 1.165) is 6.08 Å². The van der Waals surface area contributed by atoms with Crippen molar-refractivity contribution in [1.82, 2.24) is 0 Å². The number of nitrogens with one attached hydrogen (secondary N) is 1. The Morgan fingerprint density at radius 2 is 1.73 bits per heavy atom. The van der Waals surface area contributed by atoms with E-state index in [1.54, 1.807) is 24.3 Å². The molecule has 1 atom stereocenters. The molecule has 0 radical (unpaired) electrons. The molecule has 2 aromatic rings. The van der Waals surface area contributed by atoms with Crippen molar-refractivity contribution >= 4 is 29.4 Å². The molecule has 0 spiro atoms. The number of carbonyl (C=O) groups excluding carboxylic acids is 3. The number of hydrogen-bond acceptors (Lipinski definition) is 4. The Kier molecular flexibility index (Phi) is 6.38. The van der Waals surface area contributed by atoms with Crippen molar-refractivity contribution in [1.29, 1.82) is 0 Å². The number of Topliss-reactive ketones (excluding diaryl/α,β-unsaturated/α-hetero) is 1. The Balaban J connectivity index is 1.95. The van der Waals surface area contributed by atoms with Crippen molar-refractivity contribution in [2.45, 2.75) is 20.0 Å². The van der Waals surface area contributed by atoms with Gasteiger partial charge in [-0.05, 0) is 49.8 Å². The summed E-state index contributed by atoms with van der Waals surface area (Å²) in [6.45, 7) is 2.82. The third kappa shape index (κ3) is 5.37. The van der Waals surface area contributed by atoms with Crippen LogP contribution in [0.1, 0.15) is 29.8 Å². The number of anilines is 1. The predicted molar refractivity (Wildman–Crippen MR) is 96.1 cm³/mol. The monoisotopic (exact) mass is 355 g/mol. The van der Waals surface area contributed by atoms with E-state index in [0.29, 0.717) is 16.8 Å². The summed E-state index contributed by atoms with van der Waals surface area (Å²) in [4.78, 5) is 35.5. The summed E-state index contributed by atoms with van der Waals surface area (Å²) in [5.41, 5.74) is 1.35. The van der Waals surface area contributed by atoms with Gasteiger partial charge in [-0.3, -0.25) is 9.59 Å². The third-order valence-corrected chi connectivity index (χ3v) is 3.51. The maximum absolute atomic E-state index is 12.8. The van der Waals surface area contributed by atoms with Crippen LogP contribution in [0.3, 0.4) is 0 Å². The molecule has 5 nitrogen and oxygen atoms in total. The van der Waals surface area contributed by atoms with Crippen molar-refractivity contribution in [2.24, 2.45) is 0 Å². The summed E-state index contributed by atoms with van der Waals surface area (Å²) < 4.78 is 17.9. The lowest BCUT2D eigenvalue weighted by molar-refractivity contribution is -0.148. The van der Waals surface area contributed by atoms with Gasteiger partial charge in [-0.15, -0.1) is 0 Å². The van der Waals surface area contributed by atoms with Gasteiger partial charge < -0.3 is 10.1 Å². The lowest BCUT2D eigenvalue weighted by Crippen LogP contribution is -2.30. The number of benzene rings is 2. The van der Waals surface area contributed by atoms with Crippen molar-refractivity contribution < 1.29 is 23.5 Å². The standard InChI is InChI=1S/C20H18FNO4/c1-13(23)17-5-3-4-6-18(17)22-20(25)14(2)26-19(24)12-9-15-7-10-16(21)11-8-15/h3-12,14H,1-2H3,(H,22,25)/b12-9+. The Labute approximate surface area is 150 Å². The number of hydrogen-bond donors (Lipinski definition) is 1. The van der Waals surface area contributed by atoms with E-state index >= 15 is 0 Å². The third-order valence-electron chi connectivity index (χ3n) is 3.51. The molecule has 0 fully saturated rings. The first kappa shape index (κ1) is 19.1.